The summed E-state index contributed by atoms with van der Waals surface area (Å²) >= 11 is 1.10. The number of nitrogens with zero attached hydrogens (tertiary/aromatic N) is 3. The first-order valence-electron chi connectivity index (χ1n) is 12.1. The number of amides is 2. The lowest BCUT2D eigenvalue weighted by molar-refractivity contribution is -0.190. The Kier molecular flexibility index (Phi) is 8.94. The SMILES string of the molecule is CCOC(=O)C1=C(C(=O)OC(C)OC(=O)C(C)(C)C)N2C(=O)[C@@H](NC(=O)/C(=N\OC)c3csc(N)n3)C2CC1. The summed E-state index contributed by atoms with van der Waals surface area (Å²) in [5.41, 5.74) is 4.40. The maximum absolute atomic E-state index is 13.2. The number of hydrogen-bond acceptors (Lipinski definition) is 13. The molecule has 0 bridgehead atoms. The van der Waals surface area contributed by atoms with Gasteiger partial charge < -0.3 is 30.1 Å². The van der Waals surface area contributed by atoms with Gasteiger partial charge in [-0.05, 0) is 40.5 Å². The molecule has 0 spiro atoms. The quantitative estimate of drug-likeness (QED) is 0.142. The standard InChI is InChI=1S/C24H31N5O9S/c1-7-36-20(32)12-8-9-14-16(27-18(30)15(28-35-6)13-10-39-23(25)26-13)19(31)29(14)17(12)21(33)37-11(2)38-22(34)24(3,4)5/h10-11,14,16H,7-9H2,1-6H3,(H2,25,26)(H,27,30)/b28-15-/t11?,14?,16-/m0/s1. The third-order valence-electron chi connectivity index (χ3n) is 5.76. The lowest BCUT2D eigenvalue weighted by Crippen LogP contribution is -2.72. The van der Waals surface area contributed by atoms with Gasteiger partial charge in [-0.2, -0.15) is 0 Å². The molecular formula is C24H31N5O9S. The van der Waals surface area contributed by atoms with Gasteiger partial charge in [0, 0.05) is 12.3 Å². The third-order valence-corrected chi connectivity index (χ3v) is 6.43. The average Bonchev–Trinajstić information content (AvgIpc) is 3.29. The van der Waals surface area contributed by atoms with Crippen molar-refractivity contribution < 1.29 is 43.0 Å². The van der Waals surface area contributed by atoms with Gasteiger partial charge >= 0.3 is 17.9 Å². The topological polar surface area (TPSA) is 189 Å². The number of hydrogen-bond donors (Lipinski definition) is 2. The summed E-state index contributed by atoms with van der Waals surface area (Å²) < 4.78 is 15.5. The summed E-state index contributed by atoms with van der Waals surface area (Å²) in [6.45, 7) is 7.90. The molecule has 1 fully saturated rings. The van der Waals surface area contributed by atoms with Crippen LogP contribution < -0.4 is 11.1 Å². The number of carbonyl (C=O) groups excluding carboxylic acids is 5. The maximum Gasteiger partial charge on any atom is 0.358 e. The number of ether oxygens (including phenoxy) is 3. The van der Waals surface area contributed by atoms with Crippen molar-refractivity contribution in [2.24, 2.45) is 10.6 Å². The van der Waals surface area contributed by atoms with Crippen LogP contribution in [0.15, 0.2) is 21.8 Å². The molecule has 3 atom stereocenters. The fourth-order valence-electron chi connectivity index (χ4n) is 3.93. The summed E-state index contributed by atoms with van der Waals surface area (Å²) in [5, 5.41) is 8.02. The van der Waals surface area contributed by atoms with Gasteiger partial charge in [0.25, 0.3) is 11.8 Å². The first-order chi connectivity index (χ1) is 18.3. The van der Waals surface area contributed by atoms with Gasteiger partial charge in [0.15, 0.2) is 10.8 Å². The number of thiazole rings is 1. The van der Waals surface area contributed by atoms with E-state index in [0.29, 0.717) is 0 Å². The molecule has 2 aliphatic heterocycles. The normalized spacial score (nSPS) is 19.9. The van der Waals surface area contributed by atoms with Gasteiger partial charge in [-0.1, -0.05) is 5.16 Å². The van der Waals surface area contributed by atoms with Gasteiger partial charge in [0.2, 0.25) is 6.29 Å². The van der Waals surface area contributed by atoms with E-state index < -0.39 is 53.5 Å². The maximum atomic E-state index is 13.2. The molecule has 3 N–H and O–H groups in total. The van der Waals surface area contributed by atoms with Gasteiger partial charge in [-0.3, -0.25) is 19.3 Å². The predicted octanol–water partition coefficient (Wildman–Crippen LogP) is 0.861. The molecule has 39 heavy (non-hydrogen) atoms. The zero-order chi connectivity index (χ0) is 29.1. The van der Waals surface area contributed by atoms with Gasteiger partial charge in [-0.15, -0.1) is 11.3 Å². The van der Waals surface area contributed by atoms with Crippen LogP contribution in [0.4, 0.5) is 5.13 Å². The van der Waals surface area contributed by atoms with Crippen LogP contribution in [0, 0.1) is 5.41 Å². The lowest BCUT2D eigenvalue weighted by Gasteiger charge is -2.50. The monoisotopic (exact) mass is 565 g/mol. The molecule has 1 aromatic heterocycles. The summed E-state index contributed by atoms with van der Waals surface area (Å²) in [7, 11) is 1.25. The second kappa shape index (κ2) is 11.8. The van der Waals surface area contributed by atoms with Gasteiger partial charge in [-0.25, -0.2) is 14.6 Å². The molecule has 2 amide bonds. The fourth-order valence-corrected chi connectivity index (χ4v) is 4.48. The number of anilines is 1. The van der Waals surface area contributed by atoms with E-state index >= 15 is 0 Å². The minimum Gasteiger partial charge on any atom is -0.463 e. The van der Waals surface area contributed by atoms with Gasteiger partial charge in [0.05, 0.1) is 23.6 Å². The number of carbonyl (C=O) groups is 5. The molecule has 3 rings (SSSR count). The highest BCUT2D eigenvalue weighted by atomic mass is 32.1. The average molecular weight is 566 g/mol. The highest BCUT2D eigenvalue weighted by Crippen LogP contribution is 2.38. The molecule has 1 aromatic rings. The number of oxime groups is 1. The number of nitrogen functional groups attached to an aromatic ring is 1. The van der Waals surface area contributed by atoms with Crippen molar-refractivity contribution in [3.8, 4) is 0 Å². The minimum absolute atomic E-state index is 0.0447. The molecule has 0 aromatic carbocycles. The molecule has 0 saturated carbocycles. The summed E-state index contributed by atoms with van der Waals surface area (Å²) in [6.07, 6.45) is -0.982. The Bertz CT molecular complexity index is 1230. The molecular weight excluding hydrogens is 534 g/mol. The second-order valence-electron chi connectivity index (χ2n) is 9.63. The van der Waals surface area contributed by atoms with Crippen LogP contribution in [0.2, 0.25) is 0 Å². The molecule has 2 aliphatic rings. The number of rotatable bonds is 9. The van der Waals surface area contributed by atoms with Crippen molar-refractivity contribution in [3.05, 3.63) is 22.3 Å². The van der Waals surface area contributed by atoms with Crippen molar-refractivity contribution in [2.75, 3.05) is 19.5 Å². The minimum atomic E-state index is -1.30. The van der Waals surface area contributed by atoms with Crippen molar-refractivity contribution in [1.29, 1.82) is 0 Å². The highest BCUT2D eigenvalue weighted by molar-refractivity contribution is 7.13. The van der Waals surface area contributed by atoms with Crippen LogP contribution in [0.5, 0.6) is 0 Å². The first kappa shape index (κ1) is 29.5. The Morgan fingerprint density at radius 1 is 1.26 bits per heavy atom. The molecule has 0 radical (unpaired) electrons. The summed E-state index contributed by atoms with van der Waals surface area (Å²) in [5.74, 6) is -3.84. The van der Waals surface area contributed by atoms with Crippen LogP contribution in [0.25, 0.3) is 0 Å². The van der Waals surface area contributed by atoms with E-state index in [0.717, 1.165) is 16.2 Å². The Labute approximate surface area is 228 Å². The molecule has 2 unspecified atom stereocenters. The molecule has 0 aliphatic carbocycles. The smallest absolute Gasteiger partial charge is 0.358 e. The Balaban J connectivity index is 1.82. The van der Waals surface area contributed by atoms with Crippen LogP contribution in [-0.2, 0) is 43.0 Å². The molecule has 212 valence electrons. The number of nitrogens with two attached hydrogens (primary N) is 1. The van der Waals surface area contributed by atoms with Crippen LogP contribution in [0.3, 0.4) is 0 Å². The van der Waals surface area contributed by atoms with Crippen LogP contribution in [-0.4, -0.2) is 77.4 Å². The predicted molar refractivity (Wildman–Crippen MR) is 137 cm³/mol. The molecule has 1 saturated heterocycles. The Hall–Kier alpha value is -4.01. The van der Waals surface area contributed by atoms with Crippen LogP contribution in [0.1, 0.15) is 53.2 Å². The van der Waals surface area contributed by atoms with E-state index in [1.165, 1.54) is 19.4 Å². The fraction of sp³-hybridized carbons (Fsp3) is 0.542. The number of β-lactam (4-membered cyclic amide) rings is 1. The van der Waals surface area contributed by atoms with Crippen molar-refractivity contribution in [2.45, 2.75) is 65.8 Å². The summed E-state index contributed by atoms with van der Waals surface area (Å²) in [4.78, 5) is 74.1. The second-order valence-corrected chi connectivity index (χ2v) is 10.5. The van der Waals surface area contributed by atoms with E-state index in [9.17, 15) is 24.0 Å². The number of esters is 3. The Morgan fingerprint density at radius 3 is 2.51 bits per heavy atom. The third kappa shape index (κ3) is 6.35. The van der Waals surface area contributed by atoms with Crippen molar-refractivity contribution in [3.63, 3.8) is 0 Å². The van der Waals surface area contributed by atoms with E-state index in [4.69, 9.17) is 24.8 Å². The lowest BCUT2D eigenvalue weighted by atomic mass is 9.83. The zero-order valence-corrected chi connectivity index (χ0v) is 23.2. The largest absolute Gasteiger partial charge is 0.463 e. The van der Waals surface area contributed by atoms with E-state index in [1.54, 1.807) is 27.7 Å². The Morgan fingerprint density at radius 2 is 1.95 bits per heavy atom. The molecule has 3 heterocycles. The number of fused-ring (bicyclic) bond motifs is 1. The van der Waals surface area contributed by atoms with Crippen molar-refractivity contribution >= 4 is 51.9 Å². The highest BCUT2D eigenvalue weighted by Gasteiger charge is 2.55. The first-order valence-corrected chi connectivity index (χ1v) is 13.0. The van der Waals surface area contributed by atoms with E-state index in [-0.39, 0.29) is 47.3 Å². The van der Waals surface area contributed by atoms with Crippen LogP contribution >= 0.6 is 11.3 Å². The molecule has 15 heteroatoms. The van der Waals surface area contributed by atoms with Crippen molar-refractivity contribution in [1.82, 2.24) is 15.2 Å². The number of nitrogens with one attached hydrogen (secondary N) is 1. The molecule has 14 nitrogen and oxygen atoms in total. The van der Waals surface area contributed by atoms with Gasteiger partial charge in [0.1, 0.15) is 24.5 Å². The van der Waals surface area contributed by atoms with E-state index in [1.807, 2.05) is 0 Å². The zero-order valence-electron chi connectivity index (χ0n) is 22.4. The number of aromatic nitrogens is 1. The summed E-state index contributed by atoms with van der Waals surface area (Å²) in [6, 6.07) is -1.70. The van der Waals surface area contributed by atoms with E-state index in [2.05, 4.69) is 15.5 Å².